The standard InChI is InChI=1S/C24H15F8N3O/c25-21(26)22(27,28)23(29,30)24(31,32)36-14-16-3-9-19(10-4-16)34-35-20-11-7-18(8-12-20)17-5-1-15(13-33)2-6-17/h1-12,21H,14H2/b35-34+. The topological polar surface area (TPSA) is 57.7 Å². The molecule has 4 nitrogen and oxygen atoms in total. The molecule has 3 rings (SSSR count). The van der Waals surface area contributed by atoms with Crippen LogP contribution in [0.3, 0.4) is 0 Å². The molecule has 0 aromatic heterocycles. The van der Waals surface area contributed by atoms with Gasteiger partial charge in [0.15, 0.2) is 0 Å². The smallest absolute Gasteiger partial charge is 0.311 e. The summed E-state index contributed by atoms with van der Waals surface area (Å²) in [6.07, 6.45) is -10.9. The van der Waals surface area contributed by atoms with E-state index in [0.29, 0.717) is 11.3 Å². The summed E-state index contributed by atoms with van der Waals surface area (Å²) in [5.74, 6) is -12.7. The monoisotopic (exact) mass is 513 g/mol. The molecule has 0 spiro atoms. The van der Waals surface area contributed by atoms with E-state index in [0.717, 1.165) is 23.3 Å². The summed E-state index contributed by atoms with van der Waals surface area (Å²) in [5.41, 5.74) is 2.88. The predicted molar refractivity (Wildman–Crippen MR) is 113 cm³/mol. The van der Waals surface area contributed by atoms with Gasteiger partial charge < -0.3 is 4.74 Å². The van der Waals surface area contributed by atoms with Gasteiger partial charge in [0.25, 0.3) is 0 Å². The first-order chi connectivity index (χ1) is 16.9. The van der Waals surface area contributed by atoms with Crippen LogP contribution in [0.2, 0.25) is 0 Å². The number of rotatable bonds is 9. The first-order valence-electron chi connectivity index (χ1n) is 10.0. The van der Waals surface area contributed by atoms with Crippen molar-refractivity contribution in [1.29, 1.82) is 5.26 Å². The second-order valence-electron chi connectivity index (χ2n) is 7.41. The highest BCUT2D eigenvalue weighted by molar-refractivity contribution is 5.66. The molecule has 36 heavy (non-hydrogen) atoms. The minimum atomic E-state index is -6.43. The van der Waals surface area contributed by atoms with Crippen molar-refractivity contribution in [2.24, 2.45) is 10.2 Å². The summed E-state index contributed by atoms with van der Waals surface area (Å²) in [7, 11) is 0. The Hall–Kier alpha value is -3.85. The van der Waals surface area contributed by atoms with Crippen molar-refractivity contribution in [2.45, 2.75) is 31.0 Å². The van der Waals surface area contributed by atoms with Crippen LogP contribution in [-0.4, -0.2) is 24.4 Å². The first-order valence-corrected chi connectivity index (χ1v) is 10.0. The average Bonchev–Trinajstić information content (AvgIpc) is 2.87. The summed E-state index contributed by atoms with van der Waals surface area (Å²) >= 11 is 0. The van der Waals surface area contributed by atoms with Gasteiger partial charge in [0.05, 0.1) is 29.6 Å². The maximum Gasteiger partial charge on any atom is 0.426 e. The van der Waals surface area contributed by atoms with E-state index in [9.17, 15) is 35.1 Å². The fourth-order valence-corrected chi connectivity index (χ4v) is 2.83. The number of halogens is 8. The molecule has 3 aromatic rings. The van der Waals surface area contributed by atoms with Crippen molar-refractivity contribution < 1.29 is 39.9 Å². The second kappa shape index (κ2) is 10.4. The Kier molecular flexibility index (Phi) is 7.74. The highest BCUT2D eigenvalue weighted by atomic mass is 19.4. The lowest BCUT2D eigenvalue weighted by Gasteiger charge is -2.31. The fourth-order valence-electron chi connectivity index (χ4n) is 2.83. The minimum Gasteiger partial charge on any atom is -0.311 e. The van der Waals surface area contributed by atoms with Crippen LogP contribution < -0.4 is 0 Å². The van der Waals surface area contributed by atoms with Crippen LogP contribution in [0.5, 0.6) is 0 Å². The van der Waals surface area contributed by atoms with E-state index in [4.69, 9.17) is 5.26 Å². The van der Waals surface area contributed by atoms with Gasteiger partial charge in [-0.05, 0) is 53.1 Å². The minimum absolute atomic E-state index is 0.128. The quantitative estimate of drug-likeness (QED) is 0.214. The van der Waals surface area contributed by atoms with Gasteiger partial charge in [0.2, 0.25) is 0 Å². The van der Waals surface area contributed by atoms with Gasteiger partial charge in [-0.1, -0.05) is 36.4 Å². The third-order valence-corrected chi connectivity index (χ3v) is 4.91. The molecule has 0 saturated carbocycles. The van der Waals surface area contributed by atoms with Crippen LogP contribution in [0.1, 0.15) is 11.1 Å². The maximum atomic E-state index is 13.5. The molecule has 0 amide bonds. The SMILES string of the molecule is N#Cc1ccc(-c2ccc(/N=N/c3ccc(COC(F)(F)C(F)(F)C(F)(F)C(F)F)cc3)cc2)cc1. The zero-order valence-corrected chi connectivity index (χ0v) is 18.0. The number of hydrogen-bond donors (Lipinski definition) is 0. The van der Waals surface area contributed by atoms with Gasteiger partial charge >= 0.3 is 24.4 Å². The van der Waals surface area contributed by atoms with Crippen LogP contribution in [-0.2, 0) is 11.3 Å². The third kappa shape index (κ3) is 5.68. The summed E-state index contributed by atoms with van der Waals surface area (Å²) in [6.45, 7) is -1.25. The van der Waals surface area contributed by atoms with Gasteiger partial charge in [0, 0.05) is 0 Å². The van der Waals surface area contributed by atoms with Crippen LogP contribution in [0.15, 0.2) is 83.0 Å². The molecule has 0 N–H and O–H groups in total. The largest absolute Gasteiger partial charge is 0.426 e. The molecule has 0 aliphatic heterocycles. The molecule has 0 radical (unpaired) electrons. The first kappa shape index (κ1) is 26.7. The highest BCUT2D eigenvalue weighted by Gasteiger charge is 2.76. The van der Waals surface area contributed by atoms with E-state index in [1.165, 1.54) is 12.1 Å². The van der Waals surface area contributed by atoms with E-state index in [2.05, 4.69) is 15.0 Å². The zero-order chi connectivity index (χ0) is 26.6. The van der Waals surface area contributed by atoms with E-state index >= 15 is 0 Å². The number of alkyl halides is 8. The van der Waals surface area contributed by atoms with Crippen molar-refractivity contribution in [3.8, 4) is 17.2 Å². The number of nitriles is 1. The molecular formula is C24H15F8N3O. The number of azo groups is 1. The number of hydrogen-bond acceptors (Lipinski definition) is 4. The third-order valence-electron chi connectivity index (χ3n) is 4.91. The van der Waals surface area contributed by atoms with Crippen LogP contribution in [0, 0.1) is 11.3 Å². The molecule has 0 aliphatic rings. The van der Waals surface area contributed by atoms with Crippen LogP contribution in [0.4, 0.5) is 46.5 Å². The van der Waals surface area contributed by atoms with Gasteiger partial charge in [-0.15, -0.1) is 0 Å². The normalized spacial score (nSPS) is 12.8. The Balaban J connectivity index is 1.61. The molecule has 188 valence electrons. The van der Waals surface area contributed by atoms with E-state index in [-0.39, 0.29) is 11.3 Å². The van der Waals surface area contributed by atoms with Crippen molar-refractivity contribution in [2.75, 3.05) is 0 Å². The molecule has 0 atom stereocenters. The summed E-state index contributed by atoms with van der Waals surface area (Å²) < 4.78 is 107. The van der Waals surface area contributed by atoms with Crippen molar-refractivity contribution >= 4 is 11.4 Å². The maximum absolute atomic E-state index is 13.5. The number of nitrogens with zero attached hydrogens (tertiary/aromatic N) is 3. The fraction of sp³-hybridized carbons (Fsp3) is 0.208. The summed E-state index contributed by atoms with van der Waals surface area (Å²) in [4.78, 5) is 0. The molecule has 0 aliphatic carbocycles. The summed E-state index contributed by atoms with van der Waals surface area (Å²) in [6, 6.07) is 20.7. The van der Waals surface area contributed by atoms with Gasteiger partial charge in [0.1, 0.15) is 0 Å². The Bertz CT molecular complexity index is 1240. The van der Waals surface area contributed by atoms with Crippen LogP contribution >= 0.6 is 0 Å². The Morgan fingerprint density at radius 1 is 0.722 bits per heavy atom. The Morgan fingerprint density at radius 3 is 1.61 bits per heavy atom. The van der Waals surface area contributed by atoms with Gasteiger partial charge in [-0.25, -0.2) is 8.78 Å². The van der Waals surface area contributed by atoms with E-state index in [1.54, 1.807) is 48.5 Å². The molecular weight excluding hydrogens is 498 g/mol. The lowest BCUT2D eigenvalue weighted by atomic mass is 10.0. The molecule has 3 aromatic carbocycles. The number of ether oxygens (including phenoxy) is 1. The van der Waals surface area contributed by atoms with Gasteiger partial charge in [-0.3, -0.25) is 0 Å². The molecule has 0 heterocycles. The van der Waals surface area contributed by atoms with Crippen molar-refractivity contribution in [3.05, 3.63) is 83.9 Å². The Labute approximate surface area is 199 Å². The Morgan fingerprint density at radius 2 is 1.17 bits per heavy atom. The highest BCUT2D eigenvalue weighted by Crippen LogP contribution is 2.49. The van der Waals surface area contributed by atoms with Crippen molar-refractivity contribution in [3.63, 3.8) is 0 Å². The van der Waals surface area contributed by atoms with Crippen LogP contribution in [0.25, 0.3) is 11.1 Å². The predicted octanol–water partition coefficient (Wildman–Crippen LogP) is 8.29. The van der Waals surface area contributed by atoms with Crippen molar-refractivity contribution in [1.82, 2.24) is 0 Å². The van der Waals surface area contributed by atoms with Gasteiger partial charge in [-0.2, -0.15) is 41.8 Å². The lowest BCUT2D eigenvalue weighted by Crippen LogP contribution is -2.58. The average molecular weight is 513 g/mol. The number of benzene rings is 3. The van der Waals surface area contributed by atoms with E-state index < -0.39 is 31.0 Å². The molecule has 12 heteroatoms. The zero-order valence-electron chi connectivity index (χ0n) is 18.0. The summed E-state index contributed by atoms with van der Waals surface area (Å²) in [5, 5.41) is 16.8. The second-order valence-corrected chi connectivity index (χ2v) is 7.41. The molecule has 0 saturated heterocycles. The van der Waals surface area contributed by atoms with E-state index in [1.807, 2.05) is 6.07 Å². The lowest BCUT2D eigenvalue weighted by molar-refractivity contribution is -0.415. The molecule has 0 bridgehead atoms. The molecule has 0 fully saturated rings. The molecule has 0 unspecified atom stereocenters.